The van der Waals surface area contributed by atoms with E-state index in [1.54, 1.807) is 6.07 Å². The van der Waals surface area contributed by atoms with Crippen LogP contribution < -0.4 is 5.32 Å². The third kappa shape index (κ3) is 4.75. The third-order valence-corrected chi connectivity index (χ3v) is 4.56. The van der Waals surface area contributed by atoms with E-state index in [-0.39, 0.29) is 30.7 Å². The predicted molar refractivity (Wildman–Crippen MR) is 92.2 cm³/mol. The molecular formula is C19H23NO5. The van der Waals surface area contributed by atoms with Crippen LogP contribution >= 0.6 is 0 Å². The Morgan fingerprint density at radius 3 is 2.72 bits per heavy atom. The number of phenols is 1. The molecule has 0 bridgehead atoms. The van der Waals surface area contributed by atoms with E-state index in [2.05, 4.69) is 5.32 Å². The number of esters is 1. The van der Waals surface area contributed by atoms with Crippen LogP contribution in [0.1, 0.15) is 44.1 Å². The number of furan rings is 1. The number of aromatic hydroxyl groups is 1. The SMILES string of the molecule is O=C(COC(=O)Cc1coc2cc(O)ccc12)NC1CCCCCC1. The van der Waals surface area contributed by atoms with Gasteiger partial charge in [0.05, 0.1) is 12.7 Å². The molecule has 0 unspecified atom stereocenters. The van der Waals surface area contributed by atoms with Crippen molar-refractivity contribution < 1.29 is 23.8 Å². The zero-order valence-corrected chi connectivity index (χ0v) is 14.1. The number of phenolic OH excluding ortho intramolecular Hbond substituents is 1. The summed E-state index contributed by atoms with van der Waals surface area (Å²) in [5.74, 6) is -0.625. The number of carbonyl (C=O) groups excluding carboxylic acids is 2. The van der Waals surface area contributed by atoms with Gasteiger partial charge < -0.3 is 19.6 Å². The summed E-state index contributed by atoms with van der Waals surface area (Å²) in [6.45, 7) is -0.258. The first-order valence-electron chi connectivity index (χ1n) is 8.76. The van der Waals surface area contributed by atoms with E-state index < -0.39 is 5.97 Å². The van der Waals surface area contributed by atoms with Crippen LogP contribution in [0, 0.1) is 0 Å². The van der Waals surface area contributed by atoms with Gasteiger partial charge in [-0.3, -0.25) is 9.59 Å². The highest BCUT2D eigenvalue weighted by atomic mass is 16.5. The lowest BCUT2D eigenvalue weighted by Crippen LogP contribution is -2.37. The molecule has 6 heteroatoms. The van der Waals surface area contributed by atoms with Gasteiger partial charge in [0, 0.05) is 23.1 Å². The van der Waals surface area contributed by atoms with Gasteiger partial charge in [0.15, 0.2) is 6.61 Å². The van der Waals surface area contributed by atoms with Crippen molar-refractivity contribution in [3.8, 4) is 5.75 Å². The van der Waals surface area contributed by atoms with E-state index in [1.165, 1.54) is 31.2 Å². The highest BCUT2D eigenvalue weighted by Crippen LogP contribution is 2.25. The van der Waals surface area contributed by atoms with Gasteiger partial charge in [0.1, 0.15) is 11.3 Å². The van der Waals surface area contributed by atoms with Crippen molar-refractivity contribution in [3.63, 3.8) is 0 Å². The van der Waals surface area contributed by atoms with Crippen LogP contribution in [0.4, 0.5) is 0 Å². The molecule has 1 fully saturated rings. The largest absolute Gasteiger partial charge is 0.508 e. The van der Waals surface area contributed by atoms with Crippen LogP contribution in [-0.2, 0) is 20.7 Å². The number of ether oxygens (including phenoxy) is 1. The molecule has 3 rings (SSSR count). The second-order valence-electron chi connectivity index (χ2n) is 6.53. The molecule has 0 saturated heterocycles. The number of amides is 1. The second kappa shape index (κ2) is 8.05. The Hall–Kier alpha value is -2.50. The Kier molecular flexibility index (Phi) is 5.58. The van der Waals surface area contributed by atoms with Crippen LogP contribution in [0.5, 0.6) is 5.75 Å². The summed E-state index contributed by atoms with van der Waals surface area (Å²) in [6, 6.07) is 4.91. The van der Waals surface area contributed by atoms with Crippen molar-refractivity contribution in [2.45, 2.75) is 51.0 Å². The van der Waals surface area contributed by atoms with Crippen LogP contribution in [0.15, 0.2) is 28.9 Å². The van der Waals surface area contributed by atoms with Crippen LogP contribution in [0.25, 0.3) is 11.0 Å². The molecule has 1 aliphatic rings. The Labute approximate surface area is 146 Å². The minimum Gasteiger partial charge on any atom is -0.508 e. The summed E-state index contributed by atoms with van der Waals surface area (Å²) in [7, 11) is 0. The molecule has 1 aromatic heterocycles. The van der Waals surface area contributed by atoms with E-state index in [0.29, 0.717) is 11.1 Å². The molecule has 2 N–H and O–H groups in total. The van der Waals surface area contributed by atoms with Gasteiger partial charge in [-0.2, -0.15) is 0 Å². The van der Waals surface area contributed by atoms with Crippen molar-refractivity contribution in [2.24, 2.45) is 0 Å². The molecule has 1 aliphatic carbocycles. The lowest BCUT2D eigenvalue weighted by atomic mass is 10.1. The van der Waals surface area contributed by atoms with Gasteiger partial charge in [-0.1, -0.05) is 25.7 Å². The van der Waals surface area contributed by atoms with Gasteiger partial charge in [-0.25, -0.2) is 0 Å². The summed E-state index contributed by atoms with van der Waals surface area (Å²) >= 11 is 0. The minimum absolute atomic E-state index is 0.0223. The first-order chi connectivity index (χ1) is 12.1. The van der Waals surface area contributed by atoms with Crippen molar-refractivity contribution in [1.29, 1.82) is 0 Å². The fourth-order valence-corrected chi connectivity index (χ4v) is 3.25. The van der Waals surface area contributed by atoms with Gasteiger partial charge in [-0.05, 0) is 25.0 Å². The minimum atomic E-state index is -0.480. The highest BCUT2D eigenvalue weighted by Gasteiger charge is 2.17. The quantitative estimate of drug-likeness (QED) is 0.642. The molecular weight excluding hydrogens is 322 g/mol. The summed E-state index contributed by atoms with van der Waals surface area (Å²) in [4.78, 5) is 23.9. The van der Waals surface area contributed by atoms with Gasteiger partial charge >= 0.3 is 5.97 Å². The van der Waals surface area contributed by atoms with Gasteiger partial charge in [0.2, 0.25) is 0 Å². The van der Waals surface area contributed by atoms with E-state index in [9.17, 15) is 14.7 Å². The number of hydrogen-bond donors (Lipinski definition) is 2. The number of carbonyl (C=O) groups is 2. The molecule has 0 atom stereocenters. The van der Waals surface area contributed by atoms with Crippen LogP contribution in [0.3, 0.4) is 0 Å². The molecule has 0 aliphatic heterocycles. The molecule has 6 nitrogen and oxygen atoms in total. The van der Waals surface area contributed by atoms with Crippen molar-refractivity contribution in [2.75, 3.05) is 6.61 Å². The Morgan fingerprint density at radius 1 is 1.20 bits per heavy atom. The molecule has 1 heterocycles. The van der Waals surface area contributed by atoms with E-state index in [4.69, 9.17) is 9.15 Å². The van der Waals surface area contributed by atoms with Gasteiger partial charge in [0.25, 0.3) is 5.91 Å². The third-order valence-electron chi connectivity index (χ3n) is 4.56. The zero-order valence-electron chi connectivity index (χ0n) is 14.1. The summed E-state index contributed by atoms with van der Waals surface area (Å²) in [6.07, 6.45) is 8.18. The molecule has 0 radical (unpaired) electrons. The Morgan fingerprint density at radius 2 is 1.96 bits per heavy atom. The molecule has 0 spiro atoms. The highest BCUT2D eigenvalue weighted by molar-refractivity contribution is 5.87. The average molecular weight is 345 g/mol. The molecule has 25 heavy (non-hydrogen) atoms. The molecule has 1 aromatic carbocycles. The first kappa shape index (κ1) is 17.3. The Bertz CT molecular complexity index is 743. The van der Waals surface area contributed by atoms with Crippen molar-refractivity contribution in [3.05, 3.63) is 30.0 Å². The lowest BCUT2D eigenvalue weighted by molar-refractivity contribution is -0.148. The topological polar surface area (TPSA) is 88.8 Å². The summed E-state index contributed by atoms with van der Waals surface area (Å²) < 4.78 is 10.4. The molecule has 134 valence electrons. The van der Waals surface area contributed by atoms with E-state index >= 15 is 0 Å². The number of benzene rings is 1. The number of rotatable bonds is 5. The molecule has 1 saturated carbocycles. The maximum Gasteiger partial charge on any atom is 0.310 e. The van der Waals surface area contributed by atoms with Gasteiger partial charge in [-0.15, -0.1) is 0 Å². The van der Waals surface area contributed by atoms with Crippen molar-refractivity contribution >= 4 is 22.8 Å². The summed E-state index contributed by atoms with van der Waals surface area (Å²) in [5, 5.41) is 13.1. The predicted octanol–water partition coefficient (Wildman–Crippen LogP) is 3.06. The fourth-order valence-electron chi connectivity index (χ4n) is 3.25. The van der Waals surface area contributed by atoms with Crippen molar-refractivity contribution in [1.82, 2.24) is 5.32 Å². The Balaban J connectivity index is 1.47. The maximum atomic E-state index is 12.0. The van der Waals surface area contributed by atoms with Crippen LogP contribution in [0.2, 0.25) is 0 Å². The lowest BCUT2D eigenvalue weighted by Gasteiger charge is -2.16. The first-order valence-corrected chi connectivity index (χ1v) is 8.76. The summed E-state index contributed by atoms with van der Waals surface area (Å²) in [5.41, 5.74) is 1.18. The second-order valence-corrected chi connectivity index (χ2v) is 6.53. The monoisotopic (exact) mass is 345 g/mol. The maximum absolute atomic E-state index is 12.0. The molecule has 2 aromatic rings. The van der Waals surface area contributed by atoms with E-state index in [1.807, 2.05) is 0 Å². The number of nitrogens with one attached hydrogen (secondary N) is 1. The molecule has 1 amide bonds. The number of fused-ring (bicyclic) bond motifs is 1. The van der Waals surface area contributed by atoms with Crippen LogP contribution in [-0.4, -0.2) is 29.6 Å². The standard InChI is InChI=1S/C19H23NO5/c21-15-7-8-16-13(11-24-17(16)10-15)9-19(23)25-12-18(22)20-14-5-3-1-2-4-6-14/h7-8,10-11,14,21H,1-6,9,12H2,(H,20,22). The average Bonchev–Trinajstić information content (AvgIpc) is 2.80. The fraction of sp³-hybridized carbons (Fsp3) is 0.474. The zero-order chi connectivity index (χ0) is 17.6. The van der Waals surface area contributed by atoms with E-state index in [0.717, 1.165) is 31.1 Å². The normalized spacial score (nSPS) is 15.7. The smallest absolute Gasteiger partial charge is 0.310 e. The number of hydrogen-bond acceptors (Lipinski definition) is 5.